The second-order valence-electron chi connectivity index (χ2n) is 5.33. The summed E-state index contributed by atoms with van der Waals surface area (Å²) in [5, 5.41) is 0. The molecule has 0 atom stereocenters. The van der Waals surface area contributed by atoms with Crippen LogP contribution in [0.5, 0.6) is 0 Å². The Morgan fingerprint density at radius 2 is 1.71 bits per heavy atom. The first-order chi connectivity index (χ1) is 8.28. The molecular weight excluding hydrogens is 204 g/mol. The Balaban J connectivity index is 0.000000128. The standard InChI is InChI=1S/C9H14.C8H8/c1-2-9-5-3-8(7-9)4-6-9;1-2-8-6-4-3-5-7-8/h2,8H,1,3-7H2;2-7H,1H2. The average molecular weight is 226 g/mol. The van der Waals surface area contributed by atoms with Crippen LogP contribution >= 0.6 is 0 Å². The van der Waals surface area contributed by atoms with Gasteiger partial charge in [0.05, 0.1) is 0 Å². The minimum atomic E-state index is 0.616. The van der Waals surface area contributed by atoms with Crippen molar-refractivity contribution < 1.29 is 0 Å². The molecule has 0 N–H and O–H groups in total. The molecule has 2 fully saturated rings. The van der Waals surface area contributed by atoms with Crippen LogP contribution in [0.2, 0.25) is 0 Å². The molecule has 2 aliphatic rings. The van der Waals surface area contributed by atoms with E-state index in [-0.39, 0.29) is 0 Å². The topological polar surface area (TPSA) is 0 Å². The number of fused-ring (bicyclic) bond motifs is 2. The maximum absolute atomic E-state index is 3.91. The third kappa shape index (κ3) is 2.88. The van der Waals surface area contributed by atoms with Crippen LogP contribution in [0.1, 0.15) is 37.7 Å². The van der Waals surface area contributed by atoms with E-state index in [0.717, 1.165) is 5.92 Å². The van der Waals surface area contributed by atoms with Crippen molar-refractivity contribution in [2.75, 3.05) is 0 Å². The first kappa shape index (κ1) is 12.2. The summed E-state index contributed by atoms with van der Waals surface area (Å²) < 4.78 is 0. The van der Waals surface area contributed by atoms with Gasteiger partial charge in [-0.05, 0) is 49.0 Å². The van der Waals surface area contributed by atoms with Gasteiger partial charge in [-0.1, -0.05) is 49.1 Å². The molecule has 0 unspecified atom stereocenters. The fraction of sp³-hybridized carbons (Fsp3) is 0.412. The number of allylic oxidation sites excluding steroid dienone is 1. The van der Waals surface area contributed by atoms with E-state index in [0.29, 0.717) is 5.41 Å². The quantitative estimate of drug-likeness (QED) is 0.617. The van der Waals surface area contributed by atoms with E-state index in [9.17, 15) is 0 Å². The Kier molecular flexibility index (Phi) is 3.83. The second-order valence-corrected chi connectivity index (χ2v) is 5.33. The van der Waals surface area contributed by atoms with Crippen molar-refractivity contribution >= 4 is 6.08 Å². The van der Waals surface area contributed by atoms with Crippen LogP contribution in [0.4, 0.5) is 0 Å². The Morgan fingerprint density at radius 3 is 2.00 bits per heavy atom. The average Bonchev–Trinajstić information content (AvgIpc) is 3.02. The number of hydrogen-bond acceptors (Lipinski definition) is 0. The van der Waals surface area contributed by atoms with Crippen molar-refractivity contribution in [2.24, 2.45) is 11.3 Å². The summed E-state index contributed by atoms with van der Waals surface area (Å²) >= 11 is 0. The van der Waals surface area contributed by atoms with Crippen LogP contribution in [-0.4, -0.2) is 0 Å². The molecule has 1 aromatic rings. The maximum Gasteiger partial charge on any atom is -0.0118 e. The lowest BCUT2D eigenvalue weighted by atomic mass is 9.85. The van der Waals surface area contributed by atoms with Crippen molar-refractivity contribution in [3.63, 3.8) is 0 Å². The first-order valence-electron chi connectivity index (χ1n) is 6.59. The van der Waals surface area contributed by atoms with Crippen molar-refractivity contribution in [3.05, 3.63) is 55.1 Å². The Bertz CT molecular complexity index is 366. The van der Waals surface area contributed by atoms with Crippen LogP contribution < -0.4 is 0 Å². The summed E-state index contributed by atoms with van der Waals surface area (Å²) in [7, 11) is 0. The van der Waals surface area contributed by atoms with E-state index < -0.39 is 0 Å². The molecule has 0 heteroatoms. The molecule has 0 heterocycles. The predicted molar refractivity (Wildman–Crippen MR) is 75.7 cm³/mol. The van der Waals surface area contributed by atoms with Gasteiger partial charge < -0.3 is 0 Å². The molecule has 0 spiro atoms. The predicted octanol–water partition coefficient (Wildman–Crippen LogP) is 5.08. The van der Waals surface area contributed by atoms with Gasteiger partial charge in [0.25, 0.3) is 0 Å². The van der Waals surface area contributed by atoms with Crippen LogP contribution in [0, 0.1) is 11.3 Å². The monoisotopic (exact) mass is 226 g/mol. The summed E-state index contributed by atoms with van der Waals surface area (Å²) in [6, 6.07) is 10.0. The highest BCUT2D eigenvalue weighted by Crippen LogP contribution is 2.54. The molecule has 1 aromatic carbocycles. The molecule has 2 saturated carbocycles. The van der Waals surface area contributed by atoms with Gasteiger partial charge in [0.15, 0.2) is 0 Å². The Labute approximate surface area is 105 Å². The zero-order chi connectivity index (χ0) is 12.1. The molecule has 0 amide bonds. The van der Waals surface area contributed by atoms with Crippen LogP contribution in [0.25, 0.3) is 6.08 Å². The van der Waals surface area contributed by atoms with Crippen molar-refractivity contribution in [2.45, 2.75) is 32.1 Å². The molecule has 90 valence electrons. The molecule has 0 aliphatic heterocycles. The normalized spacial score (nSPS) is 29.3. The number of benzene rings is 1. The third-order valence-electron chi connectivity index (χ3n) is 4.26. The molecule has 2 bridgehead atoms. The van der Waals surface area contributed by atoms with E-state index in [1.165, 1.54) is 37.7 Å². The summed E-state index contributed by atoms with van der Waals surface area (Å²) in [5.41, 5.74) is 1.79. The molecule has 0 saturated heterocycles. The highest BCUT2D eigenvalue weighted by atomic mass is 14.5. The zero-order valence-electron chi connectivity index (χ0n) is 10.6. The summed E-state index contributed by atoms with van der Waals surface area (Å²) in [5.74, 6) is 1.07. The molecular formula is C17H22. The van der Waals surface area contributed by atoms with Gasteiger partial charge in [-0.2, -0.15) is 0 Å². The fourth-order valence-corrected chi connectivity index (χ4v) is 3.11. The minimum absolute atomic E-state index is 0.616. The van der Waals surface area contributed by atoms with Gasteiger partial charge >= 0.3 is 0 Å². The van der Waals surface area contributed by atoms with Gasteiger partial charge in [0.1, 0.15) is 0 Å². The van der Waals surface area contributed by atoms with E-state index in [2.05, 4.69) is 19.2 Å². The fourth-order valence-electron chi connectivity index (χ4n) is 3.11. The van der Waals surface area contributed by atoms with Crippen LogP contribution in [-0.2, 0) is 0 Å². The Morgan fingerprint density at radius 1 is 1.06 bits per heavy atom. The van der Waals surface area contributed by atoms with Crippen LogP contribution in [0.3, 0.4) is 0 Å². The van der Waals surface area contributed by atoms with E-state index in [4.69, 9.17) is 0 Å². The minimum Gasteiger partial charge on any atom is -0.103 e. The highest BCUT2D eigenvalue weighted by Gasteiger charge is 2.42. The zero-order valence-corrected chi connectivity index (χ0v) is 10.6. The summed E-state index contributed by atoms with van der Waals surface area (Å²) in [6.07, 6.45) is 11.3. The maximum atomic E-state index is 3.91. The van der Waals surface area contributed by atoms with Gasteiger partial charge in [-0.25, -0.2) is 0 Å². The highest BCUT2D eigenvalue weighted by molar-refractivity contribution is 5.45. The van der Waals surface area contributed by atoms with Crippen LogP contribution in [0.15, 0.2) is 49.6 Å². The largest absolute Gasteiger partial charge is 0.103 e. The van der Waals surface area contributed by atoms with Gasteiger partial charge in [-0.15, -0.1) is 6.58 Å². The van der Waals surface area contributed by atoms with E-state index in [1.54, 1.807) is 0 Å². The Hall–Kier alpha value is -1.30. The van der Waals surface area contributed by atoms with Gasteiger partial charge in [0.2, 0.25) is 0 Å². The lowest BCUT2D eigenvalue weighted by molar-refractivity contribution is 0.384. The molecule has 3 rings (SSSR count). The summed E-state index contributed by atoms with van der Waals surface area (Å²) in [4.78, 5) is 0. The number of rotatable bonds is 2. The molecule has 0 radical (unpaired) electrons. The van der Waals surface area contributed by atoms with Crippen molar-refractivity contribution in [1.29, 1.82) is 0 Å². The first-order valence-corrected chi connectivity index (χ1v) is 6.59. The van der Waals surface area contributed by atoms with E-state index >= 15 is 0 Å². The van der Waals surface area contributed by atoms with Crippen molar-refractivity contribution in [3.8, 4) is 0 Å². The number of hydrogen-bond donors (Lipinski definition) is 0. The molecule has 2 aliphatic carbocycles. The van der Waals surface area contributed by atoms with Gasteiger partial charge in [0, 0.05) is 0 Å². The van der Waals surface area contributed by atoms with E-state index in [1.807, 2.05) is 36.4 Å². The lowest BCUT2D eigenvalue weighted by Gasteiger charge is -2.20. The molecule has 0 aromatic heterocycles. The summed E-state index contributed by atoms with van der Waals surface area (Å²) in [6.45, 7) is 7.54. The SMILES string of the molecule is C=CC12CCC(CC1)C2.C=Cc1ccccc1. The smallest absolute Gasteiger partial charge is 0.0118 e. The molecule has 0 nitrogen and oxygen atoms in total. The second kappa shape index (κ2) is 5.35. The van der Waals surface area contributed by atoms with Crippen molar-refractivity contribution in [1.82, 2.24) is 0 Å². The van der Waals surface area contributed by atoms with Gasteiger partial charge in [-0.3, -0.25) is 0 Å². The molecule has 17 heavy (non-hydrogen) atoms. The lowest BCUT2D eigenvalue weighted by Crippen LogP contribution is -2.08. The third-order valence-corrected chi connectivity index (χ3v) is 4.26.